The van der Waals surface area contributed by atoms with Gasteiger partial charge in [0.25, 0.3) is 0 Å². The first-order valence-electron chi connectivity index (χ1n) is 33.3. The number of carbonyl (C=O) groups excluding carboxylic acids is 3. The van der Waals surface area contributed by atoms with Crippen LogP contribution in [0.1, 0.15) is 265 Å². The molecule has 0 aromatic rings. The maximum absolute atomic E-state index is 12.8. The molecule has 0 aliphatic carbocycles. The first-order valence-corrected chi connectivity index (χ1v) is 33.3. The molecule has 0 radical (unpaired) electrons. The van der Waals surface area contributed by atoms with E-state index in [4.69, 9.17) is 14.2 Å². The van der Waals surface area contributed by atoms with E-state index in [1.807, 2.05) is 6.08 Å². The van der Waals surface area contributed by atoms with Gasteiger partial charge in [-0.15, -0.1) is 0 Å². The van der Waals surface area contributed by atoms with Crippen molar-refractivity contribution in [2.75, 3.05) is 13.2 Å². The van der Waals surface area contributed by atoms with E-state index < -0.39 is 12.1 Å². The lowest BCUT2D eigenvalue weighted by Crippen LogP contribution is -2.30. The van der Waals surface area contributed by atoms with Gasteiger partial charge in [0.1, 0.15) is 13.2 Å². The second-order valence-corrected chi connectivity index (χ2v) is 21.2. The highest BCUT2D eigenvalue weighted by Crippen LogP contribution is 2.15. The lowest BCUT2D eigenvalue weighted by molar-refractivity contribution is -0.166. The molecule has 1 atom stereocenters. The fourth-order valence-corrected chi connectivity index (χ4v) is 8.57. The van der Waals surface area contributed by atoms with Crippen molar-refractivity contribution in [2.24, 2.45) is 0 Å². The normalized spacial score (nSPS) is 13.3. The zero-order valence-electron chi connectivity index (χ0n) is 53.1. The monoisotopic (exact) mass is 1140 g/mol. The molecule has 0 saturated heterocycles. The summed E-state index contributed by atoms with van der Waals surface area (Å²) < 4.78 is 16.8. The lowest BCUT2D eigenvalue weighted by atomic mass is 10.0. The Bertz CT molecular complexity index is 1940. The van der Waals surface area contributed by atoms with Gasteiger partial charge in [-0.3, -0.25) is 14.4 Å². The number of allylic oxidation sites excluding steroid dienone is 29. The third kappa shape index (κ3) is 67.2. The SMILES string of the molecule is CC/C=C\C/C=C\C/C=C\C/C=C\C/C=C\C/C=C\CCCCCCCCCCCCCCCCCCC(=O)OCC(COC(=O)CCCC/C=C\C/C=C\C/C=C\C/C=C\CC)OC(=O)C/C=C\C/C=C\C/C=C\C/C=C\C/C=C\CC. The van der Waals surface area contributed by atoms with Crippen molar-refractivity contribution in [2.45, 2.75) is 271 Å². The van der Waals surface area contributed by atoms with Gasteiger partial charge in [0.05, 0.1) is 6.42 Å². The number of unbranched alkanes of at least 4 members (excludes halogenated alkanes) is 18. The van der Waals surface area contributed by atoms with Crippen LogP contribution < -0.4 is 0 Å². The van der Waals surface area contributed by atoms with Crippen molar-refractivity contribution in [1.29, 1.82) is 0 Å². The van der Waals surface area contributed by atoms with E-state index in [1.165, 1.54) is 89.9 Å². The molecule has 0 aromatic heterocycles. The van der Waals surface area contributed by atoms with Crippen LogP contribution in [0, 0.1) is 0 Å². The third-order valence-electron chi connectivity index (χ3n) is 13.4. The number of hydrogen-bond donors (Lipinski definition) is 0. The molecular formula is C77H120O6. The lowest BCUT2D eigenvalue weighted by Gasteiger charge is -2.18. The molecule has 0 fully saturated rings. The molecular weight excluding hydrogens is 1020 g/mol. The topological polar surface area (TPSA) is 78.9 Å². The van der Waals surface area contributed by atoms with Gasteiger partial charge in [0, 0.05) is 12.8 Å². The minimum absolute atomic E-state index is 0.0807. The first-order chi connectivity index (χ1) is 41.0. The highest BCUT2D eigenvalue weighted by Gasteiger charge is 2.19. The average Bonchev–Trinajstić information content (AvgIpc) is 3.49. The molecule has 0 aliphatic heterocycles. The Morgan fingerprint density at radius 2 is 0.470 bits per heavy atom. The fraction of sp³-hybridized carbons (Fsp3) is 0.571. The summed E-state index contributed by atoms with van der Waals surface area (Å²) in [4.78, 5) is 38.2. The minimum atomic E-state index is -0.858. The van der Waals surface area contributed by atoms with Gasteiger partial charge in [-0.25, -0.2) is 0 Å². The Morgan fingerprint density at radius 3 is 0.759 bits per heavy atom. The molecule has 0 spiro atoms. The Kier molecular flexibility index (Phi) is 64.4. The molecule has 0 N–H and O–H groups in total. The molecule has 0 bridgehead atoms. The van der Waals surface area contributed by atoms with E-state index in [-0.39, 0.29) is 38.0 Å². The van der Waals surface area contributed by atoms with Crippen LogP contribution in [0.25, 0.3) is 0 Å². The average molecular weight is 1140 g/mol. The van der Waals surface area contributed by atoms with Gasteiger partial charge in [-0.1, -0.05) is 293 Å². The molecule has 0 aliphatic rings. The Balaban J connectivity index is 4.28. The van der Waals surface area contributed by atoms with Crippen molar-refractivity contribution in [3.63, 3.8) is 0 Å². The van der Waals surface area contributed by atoms with Gasteiger partial charge >= 0.3 is 17.9 Å². The van der Waals surface area contributed by atoms with Crippen LogP contribution in [0.4, 0.5) is 0 Å². The smallest absolute Gasteiger partial charge is 0.310 e. The van der Waals surface area contributed by atoms with Crippen LogP contribution in [0.15, 0.2) is 182 Å². The van der Waals surface area contributed by atoms with E-state index in [0.717, 1.165) is 122 Å². The fourth-order valence-electron chi connectivity index (χ4n) is 8.57. The number of carbonyl (C=O) groups is 3. The van der Waals surface area contributed by atoms with Crippen molar-refractivity contribution in [3.8, 4) is 0 Å². The number of hydrogen-bond acceptors (Lipinski definition) is 6. The Morgan fingerprint density at radius 1 is 0.253 bits per heavy atom. The van der Waals surface area contributed by atoms with E-state index in [2.05, 4.69) is 191 Å². The predicted molar refractivity (Wildman–Crippen MR) is 361 cm³/mol. The summed E-state index contributed by atoms with van der Waals surface area (Å²) in [6.45, 7) is 6.17. The second kappa shape index (κ2) is 69.0. The van der Waals surface area contributed by atoms with Gasteiger partial charge in [0.2, 0.25) is 0 Å². The van der Waals surface area contributed by atoms with Crippen LogP contribution >= 0.6 is 0 Å². The summed E-state index contributed by atoms with van der Waals surface area (Å²) in [6.07, 6.45) is 104. The highest BCUT2D eigenvalue weighted by atomic mass is 16.6. The van der Waals surface area contributed by atoms with E-state index in [9.17, 15) is 14.4 Å². The largest absolute Gasteiger partial charge is 0.462 e. The predicted octanol–water partition coefficient (Wildman–Crippen LogP) is 23.2. The molecule has 0 aromatic carbocycles. The van der Waals surface area contributed by atoms with Crippen molar-refractivity contribution in [3.05, 3.63) is 182 Å². The molecule has 0 rings (SSSR count). The minimum Gasteiger partial charge on any atom is -0.462 e. The van der Waals surface area contributed by atoms with E-state index in [0.29, 0.717) is 19.3 Å². The van der Waals surface area contributed by atoms with E-state index >= 15 is 0 Å². The zero-order chi connectivity index (χ0) is 59.9. The molecule has 6 nitrogen and oxygen atoms in total. The molecule has 0 amide bonds. The number of rotatable bonds is 58. The second-order valence-electron chi connectivity index (χ2n) is 21.2. The maximum Gasteiger partial charge on any atom is 0.310 e. The van der Waals surface area contributed by atoms with Crippen LogP contribution in [0.3, 0.4) is 0 Å². The molecule has 6 heteroatoms. The highest BCUT2D eigenvalue weighted by molar-refractivity contribution is 5.72. The quantitative estimate of drug-likeness (QED) is 0.0261. The van der Waals surface area contributed by atoms with Gasteiger partial charge in [0.15, 0.2) is 6.10 Å². The molecule has 0 saturated carbocycles. The summed E-state index contributed by atoms with van der Waals surface area (Å²) in [6, 6.07) is 0. The summed E-state index contributed by atoms with van der Waals surface area (Å²) in [5.74, 6) is -1.12. The molecule has 464 valence electrons. The van der Waals surface area contributed by atoms with Crippen LogP contribution in [-0.2, 0) is 28.6 Å². The molecule has 83 heavy (non-hydrogen) atoms. The Labute approximate surface area is 510 Å². The third-order valence-corrected chi connectivity index (χ3v) is 13.4. The summed E-state index contributed by atoms with van der Waals surface area (Å²) in [7, 11) is 0. The summed E-state index contributed by atoms with van der Waals surface area (Å²) in [5.41, 5.74) is 0. The Hall–Kier alpha value is -5.49. The molecule has 1 unspecified atom stereocenters. The van der Waals surface area contributed by atoms with Crippen LogP contribution in [-0.4, -0.2) is 37.2 Å². The van der Waals surface area contributed by atoms with Gasteiger partial charge in [-0.2, -0.15) is 0 Å². The molecule has 0 heterocycles. The standard InChI is InChI=1S/C77H120O6/c1-4-7-10-13-16-19-22-25-28-29-30-31-32-33-34-35-36-37-38-39-40-41-42-43-44-45-46-47-50-52-55-58-61-64-67-70-76(79)82-73-74(83-77(80)71-68-65-62-59-56-53-49-27-24-21-18-15-12-9-6-3)72-81-75(78)69-66-63-60-57-54-51-48-26-23-20-17-14-11-8-5-2/h7-12,16-21,25-28,30-31,33-34,36-37,48-49,54,56-57,59,65,68,74H,4-6,13-15,22-24,29,32,35,38-47,50-53,55,58,60-64,66-67,69-73H2,1-3H3/b10-7-,11-8-,12-9-,19-16-,20-17-,21-18-,28-25-,31-30-,34-33-,37-36-,48-26-,49-27-,57-54-,59-56-,68-65-. The van der Waals surface area contributed by atoms with Crippen molar-refractivity contribution >= 4 is 17.9 Å². The van der Waals surface area contributed by atoms with Crippen molar-refractivity contribution < 1.29 is 28.6 Å². The summed E-state index contributed by atoms with van der Waals surface area (Å²) in [5, 5.41) is 0. The number of esters is 3. The van der Waals surface area contributed by atoms with E-state index in [1.54, 1.807) is 6.08 Å². The van der Waals surface area contributed by atoms with Crippen LogP contribution in [0.5, 0.6) is 0 Å². The summed E-state index contributed by atoms with van der Waals surface area (Å²) >= 11 is 0. The van der Waals surface area contributed by atoms with Gasteiger partial charge in [-0.05, 0) is 135 Å². The zero-order valence-corrected chi connectivity index (χ0v) is 53.1. The first kappa shape index (κ1) is 77.5. The number of ether oxygens (including phenoxy) is 3. The van der Waals surface area contributed by atoms with Crippen molar-refractivity contribution in [1.82, 2.24) is 0 Å². The maximum atomic E-state index is 12.8. The van der Waals surface area contributed by atoms with Gasteiger partial charge < -0.3 is 14.2 Å². The van der Waals surface area contributed by atoms with Crippen LogP contribution in [0.2, 0.25) is 0 Å².